The van der Waals surface area contributed by atoms with Crippen LogP contribution in [-0.2, 0) is 6.42 Å². The first-order valence-electron chi connectivity index (χ1n) is 6.06. The van der Waals surface area contributed by atoms with Gasteiger partial charge in [-0.1, -0.05) is 30.5 Å². The van der Waals surface area contributed by atoms with E-state index in [2.05, 4.69) is 28.8 Å². The van der Waals surface area contributed by atoms with Crippen LogP contribution in [0.3, 0.4) is 0 Å². The summed E-state index contributed by atoms with van der Waals surface area (Å²) in [6, 6.07) is 6.63. The lowest BCUT2D eigenvalue weighted by atomic mass is 10.0. The monoisotopic (exact) mass is 265 g/mol. The molecule has 0 fully saturated rings. The fraction of sp³-hybridized carbons (Fsp3) is 0.385. The Balaban J connectivity index is 2.36. The van der Waals surface area contributed by atoms with Gasteiger partial charge in [-0.2, -0.15) is 0 Å². The Morgan fingerprint density at radius 2 is 2.00 bits per heavy atom. The minimum Gasteiger partial charge on any atom is -0.306 e. The maximum absolute atomic E-state index is 13.0. The summed E-state index contributed by atoms with van der Waals surface area (Å²) in [6.07, 6.45) is 0.856. The van der Waals surface area contributed by atoms with Crippen molar-refractivity contribution in [3.05, 3.63) is 46.2 Å². The van der Waals surface area contributed by atoms with Crippen molar-refractivity contribution in [2.45, 2.75) is 26.3 Å². The number of nitrogens with one attached hydrogen (secondary N) is 1. The second-order valence-corrected chi connectivity index (χ2v) is 4.77. The molecule has 0 aliphatic carbocycles. The second kappa shape index (κ2) is 6.02. The Bertz CT molecular complexity index is 495. The van der Waals surface area contributed by atoms with Crippen molar-refractivity contribution in [3.8, 4) is 0 Å². The largest absolute Gasteiger partial charge is 0.306 e. The van der Waals surface area contributed by atoms with Crippen molar-refractivity contribution in [2.75, 3.05) is 6.54 Å². The zero-order valence-corrected chi connectivity index (χ0v) is 11.3. The number of halogens is 1. The van der Waals surface area contributed by atoms with Gasteiger partial charge in [-0.25, -0.2) is 4.39 Å². The van der Waals surface area contributed by atoms with Gasteiger partial charge in [0.25, 0.3) is 0 Å². The molecule has 2 rings (SSSR count). The van der Waals surface area contributed by atoms with Gasteiger partial charge in [-0.05, 0) is 42.2 Å². The standard InChI is InChI=1S/C13H16FN3S/c1-3-11-13(18-17-16-11)12(15-4-2)9-5-7-10(14)8-6-9/h5-8,12,15H,3-4H2,1-2H3. The van der Waals surface area contributed by atoms with Crippen LogP contribution in [-0.4, -0.2) is 16.1 Å². The molecule has 0 bridgehead atoms. The molecule has 1 atom stereocenters. The molecule has 18 heavy (non-hydrogen) atoms. The third-order valence-corrected chi connectivity index (χ3v) is 3.63. The fourth-order valence-corrected chi connectivity index (χ4v) is 2.74. The molecule has 0 amide bonds. The van der Waals surface area contributed by atoms with E-state index in [0.29, 0.717) is 0 Å². The first-order chi connectivity index (χ1) is 8.76. The predicted octanol–water partition coefficient (Wildman–Crippen LogP) is 2.94. The fourth-order valence-electron chi connectivity index (χ4n) is 1.90. The van der Waals surface area contributed by atoms with E-state index in [1.807, 2.05) is 12.1 Å². The van der Waals surface area contributed by atoms with Crippen molar-refractivity contribution in [1.82, 2.24) is 14.9 Å². The number of hydrogen-bond acceptors (Lipinski definition) is 4. The third-order valence-electron chi connectivity index (χ3n) is 2.79. The summed E-state index contributed by atoms with van der Waals surface area (Å²) >= 11 is 1.40. The van der Waals surface area contributed by atoms with E-state index in [9.17, 15) is 4.39 Å². The zero-order chi connectivity index (χ0) is 13.0. The van der Waals surface area contributed by atoms with Crippen LogP contribution in [0.4, 0.5) is 4.39 Å². The Morgan fingerprint density at radius 1 is 1.28 bits per heavy atom. The van der Waals surface area contributed by atoms with Crippen LogP contribution < -0.4 is 5.32 Å². The summed E-state index contributed by atoms with van der Waals surface area (Å²) in [7, 11) is 0. The van der Waals surface area contributed by atoms with Crippen LogP contribution in [0, 0.1) is 5.82 Å². The first kappa shape index (κ1) is 13.1. The van der Waals surface area contributed by atoms with Gasteiger partial charge in [0.1, 0.15) is 5.82 Å². The van der Waals surface area contributed by atoms with Gasteiger partial charge in [0.05, 0.1) is 16.6 Å². The number of rotatable bonds is 5. The van der Waals surface area contributed by atoms with Crippen molar-refractivity contribution >= 4 is 11.5 Å². The Hall–Kier alpha value is -1.33. The summed E-state index contributed by atoms with van der Waals surface area (Å²) in [5.41, 5.74) is 2.05. The van der Waals surface area contributed by atoms with Crippen LogP contribution in [0.5, 0.6) is 0 Å². The number of aromatic nitrogens is 2. The molecule has 2 aromatic rings. The summed E-state index contributed by atoms with van der Waals surface area (Å²) in [5.74, 6) is -0.216. The van der Waals surface area contributed by atoms with Crippen LogP contribution >= 0.6 is 11.5 Å². The predicted molar refractivity (Wildman–Crippen MR) is 71.2 cm³/mol. The molecule has 0 aliphatic heterocycles. The van der Waals surface area contributed by atoms with Crippen LogP contribution in [0.1, 0.15) is 36.0 Å². The van der Waals surface area contributed by atoms with Gasteiger partial charge in [0.2, 0.25) is 0 Å². The number of benzene rings is 1. The second-order valence-electron chi connectivity index (χ2n) is 3.98. The highest BCUT2D eigenvalue weighted by Crippen LogP contribution is 2.27. The molecule has 96 valence electrons. The number of aryl methyl sites for hydroxylation is 1. The molecular weight excluding hydrogens is 249 g/mol. The quantitative estimate of drug-likeness (QED) is 0.903. The summed E-state index contributed by atoms with van der Waals surface area (Å²) < 4.78 is 17.0. The molecule has 0 spiro atoms. The Morgan fingerprint density at radius 3 is 2.61 bits per heavy atom. The third kappa shape index (κ3) is 2.73. The molecule has 0 saturated heterocycles. The number of hydrogen-bond donors (Lipinski definition) is 1. The molecular formula is C13H16FN3S. The van der Waals surface area contributed by atoms with Crippen molar-refractivity contribution in [1.29, 1.82) is 0 Å². The highest BCUT2D eigenvalue weighted by molar-refractivity contribution is 7.05. The Labute approximate surface area is 110 Å². The van der Waals surface area contributed by atoms with Crippen LogP contribution in [0.25, 0.3) is 0 Å². The minimum absolute atomic E-state index is 0.0468. The molecule has 1 aromatic carbocycles. The molecule has 0 radical (unpaired) electrons. The van der Waals surface area contributed by atoms with E-state index in [-0.39, 0.29) is 11.9 Å². The molecule has 0 aliphatic rings. The van der Waals surface area contributed by atoms with E-state index in [1.165, 1.54) is 23.7 Å². The molecule has 5 heteroatoms. The minimum atomic E-state index is -0.216. The lowest BCUT2D eigenvalue weighted by Gasteiger charge is -2.17. The van der Waals surface area contributed by atoms with E-state index in [1.54, 1.807) is 0 Å². The first-order valence-corrected chi connectivity index (χ1v) is 6.83. The SMILES string of the molecule is CCNC(c1ccc(F)cc1)c1snnc1CC. The lowest BCUT2D eigenvalue weighted by Crippen LogP contribution is -2.22. The van der Waals surface area contributed by atoms with Gasteiger partial charge < -0.3 is 5.32 Å². The normalized spacial score (nSPS) is 12.6. The molecule has 3 nitrogen and oxygen atoms in total. The summed E-state index contributed by atoms with van der Waals surface area (Å²) in [4.78, 5) is 1.12. The average molecular weight is 265 g/mol. The molecule has 0 saturated carbocycles. The highest BCUT2D eigenvalue weighted by Gasteiger charge is 2.19. The number of nitrogens with zero attached hydrogens (tertiary/aromatic N) is 2. The average Bonchev–Trinajstić information content (AvgIpc) is 2.85. The van der Waals surface area contributed by atoms with Crippen molar-refractivity contribution in [2.24, 2.45) is 0 Å². The van der Waals surface area contributed by atoms with E-state index in [0.717, 1.165) is 29.1 Å². The van der Waals surface area contributed by atoms with Crippen LogP contribution in [0.15, 0.2) is 24.3 Å². The van der Waals surface area contributed by atoms with Gasteiger partial charge in [0, 0.05) is 0 Å². The van der Waals surface area contributed by atoms with Crippen molar-refractivity contribution in [3.63, 3.8) is 0 Å². The smallest absolute Gasteiger partial charge is 0.123 e. The molecule has 1 aromatic heterocycles. The zero-order valence-electron chi connectivity index (χ0n) is 10.5. The van der Waals surface area contributed by atoms with Gasteiger partial charge in [0.15, 0.2) is 0 Å². The maximum Gasteiger partial charge on any atom is 0.123 e. The van der Waals surface area contributed by atoms with Crippen molar-refractivity contribution < 1.29 is 4.39 Å². The maximum atomic E-state index is 13.0. The van der Waals surface area contributed by atoms with Gasteiger partial charge in [-0.15, -0.1) is 5.10 Å². The summed E-state index contributed by atoms with van der Waals surface area (Å²) in [5, 5.41) is 7.54. The van der Waals surface area contributed by atoms with Crippen LogP contribution in [0.2, 0.25) is 0 Å². The lowest BCUT2D eigenvalue weighted by molar-refractivity contribution is 0.614. The van der Waals surface area contributed by atoms with E-state index < -0.39 is 0 Å². The highest BCUT2D eigenvalue weighted by atomic mass is 32.1. The molecule has 1 N–H and O–H groups in total. The summed E-state index contributed by atoms with van der Waals surface area (Å²) in [6.45, 7) is 4.95. The Kier molecular flexibility index (Phi) is 4.38. The van der Waals surface area contributed by atoms with Gasteiger partial charge in [-0.3, -0.25) is 0 Å². The van der Waals surface area contributed by atoms with Gasteiger partial charge >= 0.3 is 0 Å². The van der Waals surface area contributed by atoms with E-state index >= 15 is 0 Å². The van der Waals surface area contributed by atoms with E-state index in [4.69, 9.17) is 0 Å². The topological polar surface area (TPSA) is 37.8 Å². The molecule has 1 heterocycles. The molecule has 1 unspecified atom stereocenters.